The zero-order chi connectivity index (χ0) is 21.0. The summed E-state index contributed by atoms with van der Waals surface area (Å²) in [6.45, 7) is 5.63. The summed E-state index contributed by atoms with van der Waals surface area (Å²) in [6.07, 6.45) is 10.6. The summed E-state index contributed by atoms with van der Waals surface area (Å²) >= 11 is 0. The summed E-state index contributed by atoms with van der Waals surface area (Å²) in [7, 11) is 5.82. The van der Waals surface area contributed by atoms with Crippen molar-refractivity contribution >= 4 is 24.1 Å². The summed E-state index contributed by atoms with van der Waals surface area (Å²) in [5.74, 6) is 1.47. The van der Waals surface area contributed by atoms with E-state index in [-0.39, 0.29) is 11.9 Å². The van der Waals surface area contributed by atoms with Crippen LogP contribution in [-0.4, -0.2) is 60.7 Å². The third-order valence-electron chi connectivity index (χ3n) is 5.94. The maximum absolute atomic E-state index is 12.9. The van der Waals surface area contributed by atoms with Crippen molar-refractivity contribution in [3.63, 3.8) is 0 Å². The van der Waals surface area contributed by atoms with Crippen LogP contribution in [0.5, 0.6) is 0 Å². The van der Waals surface area contributed by atoms with E-state index < -0.39 is 0 Å². The van der Waals surface area contributed by atoms with Crippen LogP contribution in [0.1, 0.15) is 62.5 Å². The second kappa shape index (κ2) is 9.37. The molecule has 1 saturated carbocycles. The third-order valence-corrected chi connectivity index (χ3v) is 5.94. The Hall–Kier alpha value is -2.44. The number of likely N-dealkylation sites (N-methyl/N-ethyl adjacent to an activating group) is 1. The van der Waals surface area contributed by atoms with Gasteiger partial charge in [0.05, 0.1) is 0 Å². The summed E-state index contributed by atoms with van der Waals surface area (Å²) in [5, 5.41) is 3.24. The molecule has 1 atom stereocenters. The van der Waals surface area contributed by atoms with Gasteiger partial charge in [-0.05, 0) is 45.7 Å². The molecule has 0 saturated heterocycles. The number of carbonyl (C=O) groups is 1. The van der Waals surface area contributed by atoms with E-state index >= 15 is 0 Å². The Labute approximate surface area is 174 Å². The number of amides is 1. The van der Waals surface area contributed by atoms with Crippen LogP contribution >= 0.6 is 0 Å². The van der Waals surface area contributed by atoms with Crippen molar-refractivity contribution in [2.45, 2.75) is 70.4 Å². The predicted molar refractivity (Wildman–Crippen MR) is 118 cm³/mol. The fourth-order valence-corrected chi connectivity index (χ4v) is 4.16. The van der Waals surface area contributed by atoms with Crippen molar-refractivity contribution < 1.29 is 4.79 Å². The first-order valence-corrected chi connectivity index (χ1v) is 10.7. The van der Waals surface area contributed by atoms with Crippen LogP contribution in [0.2, 0.25) is 0 Å². The van der Waals surface area contributed by atoms with Gasteiger partial charge in [-0.2, -0.15) is 0 Å². The Morgan fingerprint density at radius 1 is 1.17 bits per heavy atom. The molecule has 2 aliphatic carbocycles. The van der Waals surface area contributed by atoms with Gasteiger partial charge in [-0.15, -0.1) is 0 Å². The number of aliphatic imine (C=N–C) groups is 1. The van der Waals surface area contributed by atoms with Gasteiger partial charge in [-0.1, -0.05) is 19.3 Å². The molecule has 7 heteroatoms. The average Bonchev–Trinajstić information content (AvgIpc) is 3.19. The zero-order valence-electron chi connectivity index (χ0n) is 18.2. The Morgan fingerprint density at radius 3 is 2.55 bits per heavy atom. The lowest BCUT2D eigenvalue weighted by molar-refractivity contribution is -0.122. The number of nitrogens with zero attached hydrogens (tertiary/aromatic N) is 5. The predicted octanol–water partition coefficient (Wildman–Crippen LogP) is 2.80. The molecular weight excluding hydrogens is 364 g/mol. The second-order valence-electron chi connectivity index (χ2n) is 8.42. The molecule has 7 nitrogen and oxygen atoms in total. The van der Waals surface area contributed by atoms with Crippen molar-refractivity contribution in [3.05, 3.63) is 23.3 Å². The van der Waals surface area contributed by atoms with E-state index in [2.05, 4.69) is 17.0 Å². The first-order chi connectivity index (χ1) is 13.9. The van der Waals surface area contributed by atoms with Crippen molar-refractivity contribution in [2.75, 3.05) is 26.0 Å². The SMILES string of the molecule is C=N/C(=C\N(C)C)c1nc2c(c(N(C)[C@H](C)C(=O)NC3CCCCC3)n1)CCC2. The van der Waals surface area contributed by atoms with E-state index in [0.29, 0.717) is 17.6 Å². The van der Waals surface area contributed by atoms with Crippen LogP contribution in [-0.2, 0) is 17.6 Å². The minimum atomic E-state index is -0.303. The molecule has 1 amide bonds. The highest BCUT2D eigenvalue weighted by molar-refractivity contribution is 5.85. The van der Waals surface area contributed by atoms with E-state index in [9.17, 15) is 4.79 Å². The maximum atomic E-state index is 12.9. The van der Waals surface area contributed by atoms with Crippen molar-refractivity contribution in [2.24, 2.45) is 4.99 Å². The van der Waals surface area contributed by atoms with Crippen LogP contribution in [0.25, 0.3) is 5.70 Å². The molecule has 29 heavy (non-hydrogen) atoms. The standard InChI is InChI=1S/C22H34N6O/c1-15(22(29)24-16-10-7-6-8-11-16)28(5)21-17-12-9-13-18(17)25-20(26-21)19(23-2)14-27(3)4/h14-16H,2,6-13H2,1,3-5H3,(H,24,29)/b19-14-/t15-/m1/s1. The van der Waals surface area contributed by atoms with Gasteiger partial charge in [-0.3, -0.25) is 9.79 Å². The van der Waals surface area contributed by atoms with E-state index in [1.54, 1.807) is 0 Å². The van der Waals surface area contributed by atoms with E-state index in [0.717, 1.165) is 49.2 Å². The molecule has 0 aromatic carbocycles. The van der Waals surface area contributed by atoms with E-state index in [4.69, 9.17) is 9.97 Å². The molecule has 2 aliphatic rings. The second-order valence-corrected chi connectivity index (χ2v) is 8.42. The highest BCUT2D eigenvalue weighted by Gasteiger charge is 2.28. The lowest BCUT2D eigenvalue weighted by Gasteiger charge is -2.30. The molecule has 3 rings (SSSR count). The van der Waals surface area contributed by atoms with Gasteiger partial charge in [0.1, 0.15) is 17.6 Å². The normalized spacial score (nSPS) is 18.1. The number of carbonyl (C=O) groups excluding carboxylic acids is 1. The number of aromatic nitrogens is 2. The van der Waals surface area contributed by atoms with E-state index in [1.165, 1.54) is 19.3 Å². The number of rotatable bonds is 7. The lowest BCUT2D eigenvalue weighted by atomic mass is 9.95. The fourth-order valence-electron chi connectivity index (χ4n) is 4.16. The molecule has 1 heterocycles. The number of fused-ring (bicyclic) bond motifs is 1. The molecule has 1 fully saturated rings. The summed E-state index contributed by atoms with van der Waals surface area (Å²) in [5.41, 5.74) is 2.85. The molecule has 0 spiro atoms. The Balaban J connectivity index is 1.86. The summed E-state index contributed by atoms with van der Waals surface area (Å²) < 4.78 is 0. The van der Waals surface area contributed by atoms with Gasteiger partial charge < -0.3 is 15.1 Å². The first kappa shape index (κ1) is 21.3. The number of nitrogens with one attached hydrogen (secondary N) is 1. The molecule has 158 valence electrons. The van der Waals surface area contributed by atoms with Gasteiger partial charge in [0, 0.05) is 44.6 Å². The van der Waals surface area contributed by atoms with Crippen LogP contribution in [0.4, 0.5) is 5.82 Å². The summed E-state index contributed by atoms with van der Waals surface area (Å²) in [6, 6.07) is 0.000661. The Kier molecular flexibility index (Phi) is 6.87. The Morgan fingerprint density at radius 2 is 1.90 bits per heavy atom. The van der Waals surface area contributed by atoms with Crippen LogP contribution in [0.3, 0.4) is 0 Å². The average molecular weight is 399 g/mol. The fraction of sp³-hybridized carbons (Fsp3) is 0.636. The summed E-state index contributed by atoms with van der Waals surface area (Å²) in [4.78, 5) is 30.5. The molecule has 0 radical (unpaired) electrons. The third kappa shape index (κ3) is 4.95. The molecule has 1 aromatic rings. The van der Waals surface area contributed by atoms with Crippen molar-refractivity contribution in [1.82, 2.24) is 20.2 Å². The van der Waals surface area contributed by atoms with Gasteiger partial charge in [0.15, 0.2) is 5.82 Å². The van der Waals surface area contributed by atoms with Crippen LogP contribution < -0.4 is 10.2 Å². The minimum Gasteiger partial charge on any atom is -0.382 e. The molecule has 1 N–H and O–H groups in total. The number of hydrogen-bond acceptors (Lipinski definition) is 6. The minimum absolute atomic E-state index is 0.0669. The quantitative estimate of drug-likeness (QED) is 0.715. The van der Waals surface area contributed by atoms with Crippen molar-refractivity contribution in [3.8, 4) is 0 Å². The van der Waals surface area contributed by atoms with Gasteiger partial charge in [0.25, 0.3) is 0 Å². The van der Waals surface area contributed by atoms with E-state index in [1.807, 2.05) is 44.1 Å². The number of hydrogen-bond donors (Lipinski definition) is 1. The number of aryl methyl sites for hydroxylation is 1. The molecule has 0 unspecified atom stereocenters. The van der Waals surface area contributed by atoms with Crippen molar-refractivity contribution in [1.29, 1.82) is 0 Å². The lowest BCUT2D eigenvalue weighted by Crippen LogP contribution is -2.48. The largest absolute Gasteiger partial charge is 0.382 e. The zero-order valence-corrected chi connectivity index (χ0v) is 18.2. The first-order valence-electron chi connectivity index (χ1n) is 10.7. The highest BCUT2D eigenvalue weighted by atomic mass is 16.2. The number of anilines is 1. The maximum Gasteiger partial charge on any atom is 0.242 e. The van der Waals surface area contributed by atoms with Gasteiger partial charge in [-0.25, -0.2) is 9.97 Å². The van der Waals surface area contributed by atoms with Crippen LogP contribution in [0, 0.1) is 0 Å². The molecular formula is C22H34N6O. The smallest absolute Gasteiger partial charge is 0.242 e. The Bertz CT molecular complexity index is 782. The molecule has 1 aromatic heterocycles. The van der Waals surface area contributed by atoms with Gasteiger partial charge in [0.2, 0.25) is 5.91 Å². The molecule has 0 bridgehead atoms. The topological polar surface area (TPSA) is 73.7 Å². The monoisotopic (exact) mass is 398 g/mol. The van der Waals surface area contributed by atoms with Gasteiger partial charge >= 0.3 is 0 Å². The molecule has 0 aliphatic heterocycles. The van der Waals surface area contributed by atoms with Crippen LogP contribution in [0.15, 0.2) is 11.2 Å². The highest BCUT2D eigenvalue weighted by Crippen LogP contribution is 2.31.